The molecule has 1 aliphatic heterocycles. The Morgan fingerprint density at radius 3 is 2.75 bits per heavy atom. The summed E-state index contributed by atoms with van der Waals surface area (Å²) in [6.07, 6.45) is 6.74. The second kappa shape index (κ2) is 9.27. The summed E-state index contributed by atoms with van der Waals surface area (Å²) in [6.45, 7) is 6.94. The van der Waals surface area contributed by atoms with E-state index in [2.05, 4.69) is 16.8 Å². The van der Waals surface area contributed by atoms with Gasteiger partial charge in [-0.25, -0.2) is 4.39 Å². The van der Waals surface area contributed by atoms with Crippen molar-refractivity contribution in [3.05, 3.63) is 41.3 Å². The van der Waals surface area contributed by atoms with Crippen molar-refractivity contribution in [1.29, 1.82) is 0 Å². The van der Waals surface area contributed by atoms with Crippen molar-refractivity contribution < 1.29 is 13.9 Å². The number of halogens is 2. The van der Waals surface area contributed by atoms with E-state index in [1.807, 2.05) is 7.05 Å². The standard InChI is InChI=1S/C22H30ClFN2O2/c1-16(18-13-22(14-18,25-2)8-3-11-27)26-9-6-17(7-10-26)15-28-21-5-4-19(24)12-20(21)23/h4-5,11-12,17-18,25H,1,3,6-10,13-15H2,2H3/t18-,22-. The number of nitrogens with zero attached hydrogens (tertiary/aromatic N) is 1. The van der Waals surface area contributed by atoms with Crippen LogP contribution in [0.2, 0.25) is 5.02 Å². The Morgan fingerprint density at radius 1 is 1.43 bits per heavy atom. The van der Waals surface area contributed by atoms with Crippen LogP contribution in [-0.4, -0.2) is 43.5 Å². The topological polar surface area (TPSA) is 41.6 Å². The fraction of sp³-hybridized carbons (Fsp3) is 0.591. The van der Waals surface area contributed by atoms with E-state index in [1.165, 1.54) is 17.8 Å². The van der Waals surface area contributed by atoms with Gasteiger partial charge in [0.2, 0.25) is 0 Å². The number of likely N-dealkylation sites (tertiary alicyclic amines) is 1. The minimum atomic E-state index is -0.353. The summed E-state index contributed by atoms with van der Waals surface area (Å²) in [6, 6.07) is 4.24. The first-order valence-corrected chi connectivity index (χ1v) is 10.5. The maximum atomic E-state index is 13.1. The van der Waals surface area contributed by atoms with Gasteiger partial charge in [-0.3, -0.25) is 0 Å². The van der Waals surface area contributed by atoms with Gasteiger partial charge in [0.1, 0.15) is 17.9 Å². The summed E-state index contributed by atoms with van der Waals surface area (Å²) in [5.41, 5.74) is 1.34. The Kier molecular flexibility index (Phi) is 7.00. The third kappa shape index (κ3) is 4.87. The largest absolute Gasteiger partial charge is 0.492 e. The summed E-state index contributed by atoms with van der Waals surface area (Å²) in [5.74, 6) is 1.16. The Balaban J connectivity index is 1.41. The van der Waals surface area contributed by atoms with E-state index in [4.69, 9.17) is 16.3 Å². The van der Waals surface area contributed by atoms with Crippen LogP contribution in [0.25, 0.3) is 0 Å². The van der Waals surface area contributed by atoms with Crippen molar-refractivity contribution in [1.82, 2.24) is 10.2 Å². The number of carbonyl (C=O) groups is 1. The number of carbonyl (C=O) groups excluding carboxylic acids is 1. The number of piperidine rings is 1. The predicted octanol–water partition coefficient (Wildman–Crippen LogP) is 4.43. The summed E-state index contributed by atoms with van der Waals surface area (Å²) in [7, 11) is 1.99. The lowest BCUT2D eigenvalue weighted by Crippen LogP contribution is -2.55. The SMILES string of the molecule is C=C([C@H]1C[C@](CCC=O)(NC)C1)N1CCC(COc2ccc(F)cc2Cl)CC1. The predicted molar refractivity (Wildman–Crippen MR) is 110 cm³/mol. The van der Waals surface area contributed by atoms with Crippen LogP contribution in [0, 0.1) is 17.7 Å². The number of allylic oxidation sites excluding steroid dienone is 1. The molecule has 0 bridgehead atoms. The van der Waals surface area contributed by atoms with Gasteiger partial charge in [-0.05, 0) is 63.3 Å². The van der Waals surface area contributed by atoms with Crippen LogP contribution >= 0.6 is 11.6 Å². The lowest BCUT2D eigenvalue weighted by Gasteiger charge is -2.51. The monoisotopic (exact) mass is 408 g/mol. The molecule has 1 aliphatic carbocycles. The van der Waals surface area contributed by atoms with Gasteiger partial charge in [0.25, 0.3) is 0 Å². The number of aldehydes is 1. The molecule has 1 saturated heterocycles. The first-order valence-electron chi connectivity index (χ1n) is 10.1. The number of rotatable bonds is 9. The van der Waals surface area contributed by atoms with Crippen LogP contribution in [-0.2, 0) is 4.79 Å². The van der Waals surface area contributed by atoms with E-state index < -0.39 is 0 Å². The average Bonchev–Trinajstić information content (AvgIpc) is 2.67. The molecular formula is C22H30ClFN2O2. The molecule has 0 spiro atoms. The maximum absolute atomic E-state index is 13.1. The van der Waals surface area contributed by atoms with Crippen LogP contribution < -0.4 is 10.1 Å². The van der Waals surface area contributed by atoms with Crippen molar-refractivity contribution in [2.75, 3.05) is 26.7 Å². The van der Waals surface area contributed by atoms with Crippen molar-refractivity contribution in [2.24, 2.45) is 11.8 Å². The molecule has 2 aliphatic rings. The quantitative estimate of drug-likeness (QED) is 0.614. The summed E-state index contributed by atoms with van der Waals surface area (Å²) in [4.78, 5) is 13.1. The zero-order chi connectivity index (χ0) is 20.1. The molecule has 1 saturated carbocycles. The molecule has 1 aromatic carbocycles. The van der Waals surface area contributed by atoms with Crippen LogP contribution in [0.1, 0.15) is 38.5 Å². The molecule has 0 aromatic heterocycles. The van der Waals surface area contributed by atoms with Crippen LogP contribution in [0.5, 0.6) is 5.75 Å². The van der Waals surface area contributed by atoms with Crippen molar-refractivity contribution in [3.8, 4) is 5.75 Å². The third-order valence-corrected chi connectivity index (χ3v) is 6.70. The second-order valence-corrected chi connectivity index (χ2v) is 8.56. The number of benzene rings is 1. The van der Waals surface area contributed by atoms with Crippen LogP contribution in [0.15, 0.2) is 30.5 Å². The summed E-state index contributed by atoms with van der Waals surface area (Å²) in [5, 5.41) is 3.73. The zero-order valence-corrected chi connectivity index (χ0v) is 17.3. The molecule has 1 N–H and O–H groups in total. The normalized spacial score (nSPS) is 25.2. The van der Waals surface area contributed by atoms with E-state index >= 15 is 0 Å². The second-order valence-electron chi connectivity index (χ2n) is 8.15. The number of ether oxygens (including phenoxy) is 1. The third-order valence-electron chi connectivity index (χ3n) is 6.41. The van der Waals surface area contributed by atoms with E-state index in [9.17, 15) is 9.18 Å². The van der Waals surface area contributed by atoms with Gasteiger partial charge in [0, 0.05) is 36.7 Å². The fourth-order valence-corrected chi connectivity index (χ4v) is 4.65. The first kappa shape index (κ1) is 21.1. The summed E-state index contributed by atoms with van der Waals surface area (Å²) < 4.78 is 18.9. The van der Waals surface area contributed by atoms with Crippen LogP contribution in [0.3, 0.4) is 0 Å². The Labute approximate surface area is 172 Å². The Hall–Kier alpha value is -1.59. The van der Waals surface area contributed by atoms with Crippen molar-refractivity contribution >= 4 is 17.9 Å². The minimum Gasteiger partial charge on any atom is -0.492 e. The lowest BCUT2D eigenvalue weighted by molar-refractivity contribution is -0.108. The van der Waals surface area contributed by atoms with E-state index in [0.29, 0.717) is 35.6 Å². The molecule has 0 atom stereocenters. The van der Waals surface area contributed by atoms with Gasteiger partial charge in [0.15, 0.2) is 0 Å². The van der Waals surface area contributed by atoms with Crippen LogP contribution in [0.4, 0.5) is 4.39 Å². The molecule has 2 fully saturated rings. The highest BCUT2D eigenvalue weighted by Gasteiger charge is 2.44. The smallest absolute Gasteiger partial charge is 0.138 e. The maximum Gasteiger partial charge on any atom is 0.138 e. The summed E-state index contributed by atoms with van der Waals surface area (Å²) >= 11 is 6.03. The molecule has 28 heavy (non-hydrogen) atoms. The molecule has 3 rings (SSSR count). The van der Waals surface area contributed by atoms with Crippen molar-refractivity contribution in [3.63, 3.8) is 0 Å². The highest BCUT2D eigenvalue weighted by molar-refractivity contribution is 6.32. The van der Waals surface area contributed by atoms with E-state index in [1.54, 1.807) is 6.07 Å². The average molecular weight is 409 g/mol. The molecule has 1 heterocycles. The van der Waals surface area contributed by atoms with Gasteiger partial charge in [-0.1, -0.05) is 18.2 Å². The van der Waals surface area contributed by atoms with Gasteiger partial charge in [0.05, 0.1) is 11.6 Å². The molecule has 0 amide bonds. The number of nitrogens with one attached hydrogen (secondary N) is 1. The van der Waals surface area contributed by atoms with Crippen molar-refractivity contribution in [2.45, 2.75) is 44.1 Å². The van der Waals surface area contributed by atoms with Gasteiger partial charge in [-0.15, -0.1) is 0 Å². The molecule has 0 unspecified atom stereocenters. The molecule has 0 radical (unpaired) electrons. The number of hydrogen-bond donors (Lipinski definition) is 1. The highest BCUT2D eigenvalue weighted by atomic mass is 35.5. The first-order chi connectivity index (χ1) is 13.5. The van der Waals surface area contributed by atoms with Gasteiger partial charge in [-0.2, -0.15) is 0 Å². The molecular weight excluding hydrogens is 379 g/mol. The molecule has 1 aromatic rings. The van der Waals surface area contributed by atoms with Gasteiger partial charge >= 0.3 is 0 Å². The molecule has 154 valence electrons. The molecule has 6 heteroatoms. The van der Waals surface area contributed by atoms with Gasteiger partial charge < -0.3 is 19.7 Å². The number of hydrogen-bond acceptors (Lipinski definition) is 4. The Bertz CT molecular complexity index is 698. The Morgan fingerprint density at radius 2 is 2.14 bits per heavy atom. The van der Waals surface area contributed by atoms with E-state index in [0.717, 1.165) is 51.5 Å². The lowest BCUT2D eigenvalue weighted by atomic mass is 9.64. The van der Waals surface area contributed by atoms with E-state index in [-0.39, 0.29) is 11.4 Å². The fourth-order valence-electron chi connectivity index (χ4n) is 4.43. The zero-order valence-electron chi connectivity index (χ0n) is 16.6. The molecule has 4 nitrogen and oxygen atoms in total. The minimum absolute atomic E-state index is 0.106. The highest BCUT2D eigenvalue weighted by Crippen LogP contribution is 2.45.